The molecule has 1 saturated heterocycles. The number of carboxylic acid groups (broad SMARTS) is 1. The number of anilines is 1. The number of aromatic carboxylic acids is 1. The Bertz CT molecular complexity index is 1440. The van der Waals surface area contributed by atoms with Crippen LogP contribution in [0, 0.1) is 27.9 Å². The summed E-state index contributed by atoms with van der Waals surface area (Å²) in [4.78, 5) is 27.2. The van der Waals surface area contributed by atoms with Crippen LogP contribution in [-0.2, 0) is 6.42 Å². The molecule has 1 aromatic heterocycles. The zero-order valence-corrected chi connectivity index (χ0v) is 21.9. The van der Waals surface area contributed by atoms with Crippen molar-refractivity contribution >= 4 is 11.8 Å². The minimum Gasteiger partial charge on any atom is -0.478 e. The zero-order valence-electron chi connectivity index (χ0n) is 21.9. The van der Waals surface area contributed by atoms with Crippen molar-refractivity contribution < 1.29 is 29.0 Å². The van der Waals surface area contributed by atoms with E-state index < -0.39 is 23.2 Å². The number of nitrogens with zero attached hydrogens (tertiary/aromatic N) is 4. The highest BCUT2D eigenvalue weighted by atomic mass is 19.1. The highest BCUT2D eigenvalue weighted by Gasteiger charge is 2.27. The third-order valence-corrected chi connectivity index (χ3v) is 6.40. The van der Waals surface area contributed by atoms with Gasteiger partial charge in [-0.2, -0.15) is 5.26 Å². The van der Waals surface area contributed by atoms with Crippen LogP contribution in [0.4, 0.5) is 14.6 Å². The van der Waals surface area contributed by atoms with Crippen LogP contribution in [-0.4, -0.2) is 51.1 Å². The van der Waals surface area contributed by atoms with Crippen LogP contribution in [0.2, 0.25) is 0 Å². The van der Waals surface area contributed by atoms with Gasteiger partial charge in [-0.15, -0.1) is 4.91 Å². The van der Waals surface area contributed by atoms with Gasteiger partial charge in [-0.25, -0.2) is 18.6 Å². The molecule has 3 aromatic rings. The maximum atomic E-state index is 15.5. The molecule has 0 aliphatic carbocycles. The summed E-state index contributed by atoms with van der Waals surface area (Å²) >= 11 is 0. The number of pyridine rings is 1. The number of carbonyl (C=O) groups is 1. The first kappa shape index (κ1) is 30.1. The van der Waals surface area contributed by atoms with E-state index in [1.165, 1.54) is 35.7 Å². The number of carboxylic acids is 1. The highest BCUT2D eigenvalue weighted by molar-refractivity contribution is 6.01. The molecule has 0 unspecified atom stereocenters. The summed E-state index contributed by atoms with van der Waals surface area (Å²) in [6.07, 6.45) is 1.59. The largest absolute Gasteiger partial charge is 0.478 e. The van der Waals surface area contributed by atoms with Crippen molar-refractivity contribution in [2.45, 2.75) is 44.8 Å². The SMILES string of the molecule is CC(C)(O)Cc1ccc(-c2c(C(=O)O)cc(N3CCC(N)CC3)nc2-c2ccc(C#N)c(F)c2)c(F)c1.O=NO. The number of halogens is 2. The van der Waals surface area contributed by atoms with E-state index in [-0.39, 0.29) is 46.0 Å². The van der Waals surface area contributed by atoms with Crippen LogP contribution < -0.4 is 10.6 Å². The van der Waals surface area contributed by atoms with E-state index in [0.717, 1.165) is 6.07 Å². The van der Waals surface area contributed by atoms with Gasteiger partial charge in [-0.3, -0.25) is 0 Å². The quantitative estimate of drug-likeness (QED) is 0.250. The Morgan fingerprint density at radius 3 is 2.35 bits per heavy atom. The topological polar surface area (TPSA) is 173 Å². The lowest BCUT2D eigenvalue weighted by molar-refractivity contribution is 0.0697. The normalized spacial score (nSPS) is 13.7. The number of nitrogens with two attached hydrogens (primary N) is 1. The molecule has 5 N–H and O–H groups in total. The average Bonchev–Trinajstić information content (AvgIpc) is 2.88. The van der Waals surface area contributed by atoms with Gasteiger partial charge in [0.2, 0.25) is 0 Å². The van der Waals surface area contributed by atoms with E-state index in [9.17, 15) is 19.4 Å². The molecular formula is C28H29F2N5O5. The predicted octanol–water partition coefficient (Wildman–Crippen LogP) is 4.65. The van der Waals surface area contributed by atoms with Crippen LogP contribution in [0.5, 0.6) is 0 Å². The van der Waals surface area contributed by atoms with Crippen LogP contribution >= 0.6 is 0 Å². The number of aliphatic hydroxyl groups is 1. The fourth-order valence-electron chi connectivity index (χ4n) is 4.60. The lowest BCUT2D eigenvalue weighted by Gasteiger charge is -2.32. The van der Waals surface area contributed by atoms with Crippen molar-refractivity contribution in [1.82, 2.24) is 4.98 Å². The first-order valence-electron chi connectivity index (χ1n) is 12.3. The van der Waals surface area contributed by atoms with Gasteiger partial charge in [-0.05, 0) is 56.5 Å². The van der Waals surface area contributed by atoms with Crippen molar-refractivity contribution in [3.63, 3.8) is 0 Å². The summed E-state index contributed by atoms with van der Waals surface area (Å²) in [6.45, 7) is 4.34. The molecular weight excluding hydrogens is 524 g/mol. The second-order valence-corrected chi connectivity index (χ2v) is 10.1. The number of nitriles is 1. The van der Waals surface area contributed by atoms with Crippen molar-refractivity contribution in [3.8, 4) is 28.5 Å². The Hall–Kier alpha value is -4.47. The third kappa shape index (κ3) is 7.13. The van der Waals surface area contributed by atoms with Crippen molar-refractivity contribution in [3.05, 3.63) is 75.7 Å². The fourth-order valence-corrected chi connectivity index (χ4v) is 4.60. The number of hydrogen-bond acceptors (Lipinski definition) is 8. The van der Waals surface area contributed by atoms with Crippen molar-refractivity contribution in [2.75, 3.05) is 18.0 Å². The second kappa shape index (κ2) is 12.6. The smallest absolute Gasteiger partial charge is 0.336 e. The Kier molecular flexibility index (Phi) is 9.47. The van der Waals surface area contributed by atoms with Gasteiger partial charge in [0, 0.05) is 42.2 Å². The molecule has 0 saturated carbocycles. The minimum absolute atomic E-state index is 0.00128. The molecule has 1 aliphatic heterocycles. The highest BCUT2D eigenvalue weighted by Crippen LogP contribution is 2.39. The molecule has 40 heavy (non-hydrogen) atoms. The molecule has 0 radical (unpaired) electrons. The first-order chi connectivity index (χ1) is 18.9. The Morgan fingerprint density at radius 2 is 1.82 bits per heavy atom. The predicted molar refractivity (Wildman–Crippen MR) is 144 cm³/mol. The molecule has 2 heterocycles. The summed E-state index contributed by atoms with van der Waals surface area (Å²) in [6, 6.07) is 11.4. The van der Waals surface area contributed by atoms with E-state index in [4.69, 9.17) is 26.1 Å². The van der Waals surface area contributed by atoms with Crippen LogP contribution in [0.15, 0.2) is 47.8 Å². The number of aromatic nitrogens is 1. The molecule has 10 nitrogen and oxygen atoms in total. The maximum absolute atomic E-state index is 15.5. The van der Waals surface area contributed by atoms with Crippen LogP contribution in [0.1, 0.15) is 48.2 Å². The van der Waals surface area contributed by atoms with Crippen molar-refractivity contribution in [1.29, 1.82) is 5.26 Å². The van der Waals surface area contributed by atoms with Crippen LogP contribution in [0.3, 0.4) is 0 Å². The molecule has 0 bridgehead atoms. The number of hydrogen-bond donors (Lipinski definition) is 4. The molecule has 1 fully saturated rings. The standard InChI is InChI=1S/C28H28F2N4O3.HNO2/c1-28(2,37)14-16-3-6-20(23(30)11-16)25-21(27(35)36)13-24(34-9-7-19(32)8-10-34)33-26(25)17-4-5-18(15-31)22(29)12-17;2-1-3/h3-6,11-13,19,37H,7-10,14,32H2,1-2H3,(H,35,36);(H,2,3). The lowest BCUT2D eigenvalue weighted by Crippen LogP contribution is -2.40. The molecule has 4 rings (SSSR count). The van der Waals surface area contributed by atoms with Gasteiger partial charge in [0.15, 0.2) is 5.34 Å². The molecule has 1 aliphatic rings. The lowest BCUT2D eigenvalue weighted by atomic mass is 9.91. The Balaban J connectivity index is 0.00000141. The molecule has 12 heteroatoms. The van der Waals surface area contributed by atoms with Crippen molar-refractivity contribution in [2.24, 2.45) is 11.1 Å². The third-order valence-electron chi connectivity index (χ3n) is 6.40. The van der Waals surface area contributed by atoms with Gasteiger partial charge >= 0.3 is 5.97 Å². The van der Waals surface area contributed by atoms with Gasteiger partial charge in [0.25, 0.3) is 0 Å². The van der Waals surface area contributed by atoms with E-state index >= 15 is 4.39 Å². The molecule has 2 aromatic carbocycles. The average molecular weight is 554 g/mol. The molecule has 0 atom stereocenters. The maximum Gasteiger partial charge on any atom is 0.336 e. The molecule has 0 amide bonds. The van der Waals surface area contributed by atoms with E-state index in [1.54, 1.807) is 26.0 Å². The zero-order chi connectivity index (χ0) is 29.6. The summed E-state index contributed by atoms with van der Waals surface area (Å²) in [5.41, 5.74) is 5.41. The Labute approximate surface area is 229 Å². The van der Waals surface area contributed by atoms with E-state index in [1.807, 2.05) is 4.90 Å². The number of benzene rings is 2. The second-order valence-electron chi connectivity index (χ2n) is 10.1. The fraction of sp³-hybridized carbons (Fsp3) is 0.321. The summed E-state index contributed by atoms with van der Waals surface area (Å²) in [5, 5.41) is 37.3. The van der Waals surface area contributed by atoms with Gasteiger partial charge < -0.3 is 26.1 Å². The van der Waals surface area contributed by atoms with Gasteiger partial charge in [0.05, 0.1) is 22.4 Å². The Morgan fingerprint density at radius 1 is 1.18 bits per heavy atom. The number of rotatable bonds is 6. The van der Waals surface area contributed by atoms with Crippen LogP contribution in [0.25, 0.3) is 22.4 Å². The molecule has 0 spiro atoms. The minimum atomic E-state index is -1.29. The number of piperidine rings is 1. The summed E-state index contributed by atoms with van der Waals surface area (Å²) in [7, 11) is 0. The molecule has 210 valence electrons. The van der Waals surface area contributed by atoms with E-state index in [0.29, 0.717) is 37.3 Å². The summed E-state index contributed by atoms with van der Waals surface area (Å²) in [5.74, 6) is -2.41. The van der Waals surface area contributed by atoms with E-state index in [2.05, 4.69) is 0 Å². The summed E-state index contributed by atoms with van der Waals surface area (Å²) < 4.78 is 30.1. The first-order valence-corrected chi connectivity index (χ1v) is 12.3. The van der Waals surface area contributed by atoms with Gasteiger partial charge in [0.1, 0.15) is 23.5 Å². The monoisotopic (exact) mass is 553 g/mol. The van der Waals surface area contributed by atoms with Gasteiger partial charge in [-0.1, -0.05) is 18.2 Å².